The smallest absolute Gasteiger partial charge is 0.0700 e. The highest BCUT2D eigenvalue weighted by Gasteiger charge is 2.40. The molecule has 0 saturated carbocycles. The van der Waals surface area contributed by atoms with Gasteiger partial charge < -0.3 is 10.5 Å². The maximum Gasteiger partial charge on any atom is 0.0700 e. The normalized spacial score (nSPS) is 30.1. The number of nitrogens with two attached hydrogens (primary N) is 1. The van der Waals surface area contributed by atoms with Crippen LogP contribution in [0.2, 0.25) is 0 Å². The fraction of sp³-hybridized carbons (Fsp3) is 0.647. The zero-order valence-electron chi connectivity index (χ0n) is 12.8. The van der Waals surface area contributed by atoms with Crippen LogP contribution in [0.25, 0.3) is 0 Å². The number of ether oxygens (including phenoxy) is 1. The summed E-state index contributed by atoms with van der Waals surface area (Å²) < 4.78 is 7.01. The van der Waals surface area contributed by atoms with Crippen LogP contribution in [-0.2, 0) is 17.6 Å². The van der Waals surface area contributed by atoms with Crippen LogP contribution >= 0.6 is 15.9 Å². The summed E-state index contributed by atoms with van der Waals surface area (Å²) in [6, 6.07) is 6.68. The summed E-state index contributed by atoms with van der Waals surface area (Å²) >= 11 is 3.58. The lowest BCUT2D eigenvalue weighted by atomic mass is 9.76. The molecule has 1 fully saturated rings. The van der Waals surface area contributed by atoms with Gasteiger partial charge in [0.15, 0.2) is 0 Å². The molecule has 3 rings (SSSR count). The number of rotatable bonds is 3. The Kier molecular flexibility index (Phi) is 4.69. The number of aryl methyl sites for hydroxylation is 1. The molecular weight excluding hydrogens is 328 g/mol. The fourth-order valence-corrected chi connectivity index (χ4v) is 4.19. The van der Waals surface area contributed by atoms with Gasteiger partial charge in [0, 0.05) is 29.6 Å². The van der Waals surface area contributed by atoms with Crippen LogP contribution in [0.15, 0.2) is 22.7 Å². The predicted molar refractivity (Wildman–Crippen MR) is 89.6 cm³/mol. The van der Waals surface area contributed by atoms with Crippen LogP contribution in [-0.4, -0.2) is 42.8 Å². The van der Waals surface area contributed by atoms with Crippen molar-refractivity contribution in [2.75, 3.05) is 26.2 Å². The Labute approximate surface area is 136 Å². The van der Waals surface area contributed by atoms with Crippen molar-refractivity contribution in [3.05, 3.63) is 33.8 Å². The number of fused-ring (bicyclic) bond motifs is 1. The predicted octanol–water partition coefficient (Wildman–Crippen LogP) is 2.75. The van der Waals surface area contributed by atoms with E-state index < -0.39 is 0 Å². The van der Waals surface area contributed by atoms with E-state index in [2.05, 4.69) is 46.0 Å². The van der Waals surface area contributed by atoms with Crippen LogP contribution < -0.4 is 5.73 Å². The lowest BCUT2D eigenvalue weighted by Gasteiger charge is -2.49. The number of halogens is 1. The van der Waals surface area contributed by atoms with Crippen molar-refractivity contribution in [2.45, 2.75) is 44.2 Å². The summed E-state index contributed by atoms with van der Waals surface area (Å²) in [5.41, 5.74) is 9.32. The summed E-state index contributed by atoms with van der Waals surface area (Å²) in [5.74, 6) is 0. The Balaban J connectivity index is 1.83. The lowest BCUT2D eigenvalue weighted by Crippen LogP contribution is -2.61. The molecule has 116 valence electrons. The van der Waals surface area contributed by atoms with Crippen LogP contribution in [0.5, 0.6) is 0 Å². The van der Waals surface area contributed by atoms with Gasteiger partial charge in [0.1, 0.15) is 0 Å². The highest BCUT2D eigenvalue weighted by molar-refractivity contribution is 9.10. The van der Waals surface area contributed by atoms with Gasteiger partial charge in [-0.1, -0.05) is 28.9 Å². The molecular formula is C17H25BrN2O. The molecule has 1 aromatic carbocycles. The molecule has 1 aliphatic heterocycles. The van der Waals surface area contributed by atoms with Crippen molar-refractivity contribution in [3.8, 4) is 0 Å². The first kappa shape index (κ1) is 15.5. The number of benzene rings is 1. The molecule has 0 aromatic heterocycles. The summed E-state index contributed by atoms with van der Waals surface area (Å²) in [6.07, 6.45) is 4.81. The average Bonchev–Trinajstić information content (AvgIpc) is 2.54. The standard InChI is InChI=1S/C17H25BrN2O/c1-2-16-11-20(7-8-21-16)17(12-19)6-5-13-9-15(18)4-3-14(13)10-17/h3-4,9,16H,2,5-8,10-12,19H2,1H3. The van der Waals surface area contributed by atoms with E-state index in [1.807, 2.05) is 0 Å². The Morgan fingerprint density at radius 3 is 3.05 bits per heavy atom. The first-order chi connectivity index (χ1) is 10.2. The molecule has 2 N–H and O–H groups in total. The first-order valence-corrected chi connectivity index (χ1v) is 8.80. The SMILES string of the molecule is CCC1CN(C2(CN)CCc3cc(Br)ccc3C2)CCO1. The molecule has 2 unspecified atom stereocenters. The third-order valence-corrected chi connectivity index (χ3v) is 5.69. The Hall–Kier alpha value is -0.420. The zero-order chi connectivity index (χ0) is 14.9. The van der Waals surface area contributed by atoms with E-state index in [1.54, 1.807) is 0 Å². The van der Waals surface area contributed by atoms with Crippen molar-refractivity contribution in [1.29, 1.82) is 0 Å². The van der Waals surface area contributed by atoms with E-state index in [4.69, 9.17) is 10.5 Å². The number of hydrogen-bond donors (Lipinski definition) is 1. The van der Waals surface area contributed by atoms with Crippen LogP contribution in [0.4, 0.5) is 0 Å². The number of nitrogens with zero attached hydrogens (tertiary/aromatic N) is 1. The Morgan fingerprint density at radius 2 is 2.29 bits per heavy atom. The topological polar surface area (TPSA) is 38.5 Å². The van der Waals surface area contributed by atoms with E-state index in [0.29, 0.717) is 6.10 Å². The van der Waals surface area contributed by atoms with Crippen LogP contribution in [0.1, 0.15) is 30.9 Å². The van der Waals surface area contributed by atoms with E-state index in [9.17, 15) is 0 Å². The summed E-state index contributed by atoms with van der Waals surface area (Å²) in [5, 5.41) is 0. The molecule has 1 aromatic rings. The van der Waals surface area contributed by atoms with Gasteiger partial charge in [0.2, 0.25) is 0 Å². The minimum Gasteiger partial charge on any atom is -0.376 e. The maximum absolute atomic E-state index is 6.25. The quantitative estimate of drug-likeness (QED) is 0.908. The molecule has 1 heterocycles. The van der Waals surface area contributed by atoms with Crippen molar-refractivity contribution in [3.63, 3.8) is 0 Å². The Morgan fingerprint density at radius 1 is 1.43 bits per heavy atom. The molecule has 2 aliphatic rings. The molecule has 0 bridgehead atoms. The molecule has 21 heavy (non-hydrogen) atoms. The van der Waals surface area contributed by atoms with E-state index in [-0.39, 0.29) is 5.54 Å². The molecule has 4 heteroatoms. The van der Waals surface area contributed by atoms with Gasteiger partial charge in [-0.15, -0.1) is 0 Å². The second kappa shape index (κ2) is 6.37. The van der Waals surface area contributed by atoms with Gasteiger partial charge in [-0.3, -0.25) is 4.90 Å². The van der Waals surface area contributed by atoms with Crippen molar-refractivity contribution < 1.29 is 4.74 Å². The van der Waals surface area contributed by atoms with E-state index >= 15 is 0 Å². The Bertz CT molecular complexity index is 508. The molecule has 1 aliphatic carbocycles. The maximum atomic E-state index is 6.25. The minimum absolute atomic E-state index is 0.123. The first-order valence-electron chi connectivity index (χ1n) is 8.01. The van der Waals surface area contributed by atoms with E-state index in [1.165, 1.54) is 15.6 Å². The van der Waals surface area contributed by atoms with Crippen molar-refractivity contribution in [1.82, 2.24) is 4.90 Å². The fourth-order valence-electron chi connectivity index (χ4n) is 3.78. The van der Waals surface area contributed by atoms with Crippen molar-refractivity contribution >= 4 is 15.9 Å². The van der Waals surface area contributed by atoms with Gasteiger partial charge in [0.05, 0.1) is 12.7 Å². The molecule has 3 nitrogen and oxygen atoms in total. The molecule has 0 spiro atoms. The second-order valence-electron chi connectivity index (χ2n) is 6.37. The average molecular weight is 353 g/mol. The monoisotopic (exact) mass is 352 g/mol. The summed E-state index contributed by atoms with van der Waals surface area (Å²) in [6.45, 7) is 5.82. The second-order valence-corrected chi connectivity index (χ2v) is 7.28. The van der Waals surface area contributed by atoms with Crippen LogP contribution in [0, 0.1) is 0 Å². The molecule has 0 amide bonds. The van der Waals surface area contributed by atoms with Gasteiger partial charge in [0.25, 0.3) is 0 Å². The third-order valence-electron chi connectivity index (χ3n) is 5.19. The van der Waals surface area contributed by atoms with Gasteiger partial charge >= 0.3 is 0 Å². The number of morpholine rings is 1. The molecule has 1 saturated heterocycles. The molecule has 0 radical (unpaired) electrons. The van der Waals surface area contributed by atoms with Gasteiger partial charge in [-0.25, -0.2) is 0 Å². The number of hydrogen-bond acceptors (Lipinski definition) is 3. The van der Waals surface area contributed by atoms with E-state index in [0.717, 1.165) is 51.9 Å². The largest absolute Gasteiger partial charge is 0.376 e. The molecule has 2 atom stereocenters. The van der Waals surface area contributed by atoms with Crippen LogP contribution in [0.3, 0.4) is 0 Å². The van der Waals surface area contributed by atoms with Crippen molar-refractivity contribution in [2.24, 2.45) is 5.73 Å². The highest BCUT2D eigenvalue weighted by atomic mass is 79.9. The zero-order valence-corrected chi connectivity index (χ0v) is 14.4. The summed E-state index contributed by atoms with van der Waals surface area (Å²) in [7, 11) is 0. The highest BCUT2D eigenvalue weighted by Crippen LogP contribution is 2.35. The third kappa shape index (κ3) is 3.04. The van der Waals surface area contributed by atoms with Gasteiger partial charge in [-0.2, -0.15) is 0 Å². The van der Waals surface area contributed by atoms with Gasteiger partial charge in [-0.05, 0) is 48.9 Å². The lowest BCUT2D eigenvalue weighted by molar-refractivity contribution is -0.0725. The minimum atomic E-state index is 0.123. The summed E-state index contributed by atoms with van der Waals surface area (Å²) in [4.78, 5) is 2.61.